The van der Waals surface area contributed by atoms with Crippen LogP contribution in [0.2, 0.25) is 5.02 Å². The highest BCUT2D eigenvalue weighted by atomic mass is 35.5. The van der Waals surface area contributed by atoms with Crippen LogP contribution in [-0.4, -0.2) is 25.0 Å². The number of carbonyl (C=O) groups is 2. The zero-order valence-corrected chi connectivity index (χ0v) is 12.4. The van der Waals surface area contributed by atoms with Crippen LogP contribution in [-0.2, 0) is 9.53 Å². The quantitative estimate of drug-likeness (QED) is 0.592. The van der Waals surface area contributed by atoms with Crippen molar-refractivity contribution in [2.24, 2.45) is 0 Å². The molecule has 0 heterocycles. The summed E-state index contributed by atoms with van der Waals surface area (Å²) in [7, 11) is 0. The molecule has 1 rings (SSSR count). The number of carbonyl (C=O) groups excluding carboxylic acids is 2. The first-order valence-corrected chi connectivity index (χ1v) is 7.20. The van der Waals surface area contributed by atoms with E-state index in [-0.39, 0.29) is 11.9 Å². The Bertz CT molecular complexity index is 448. The number of rotatable bonds is 8. The third-order valence-electron chi connectivity index (χ3n) is 2.74. The maximum Gasteiger partial charge on any atom is 0.305 e. The molecule has 20 heavy (non-hydrogen) atoms. The summed E-state index contributed by atoms with van der Waals surface area (Å²) >= 11 is 5.82. The molecule has 0 aliphatic rings. The molecule has 0 bridgehead atoms. The number of amides is 1. The second-order valence-electron chi connectivity index (χ2n) is 4.38. The lowest BCUT2D eigenvalue weighted by atomic mass is 10.2. The first-order chi connectivity index (χ1) is 9.63. The van der Waals surface area contributed by atoms with Gasteiger partial charge in [-0.3, -0.25) is 9.59 Å². The summed E-state index contributed by atoms with van der Waals surface area (Å²) in [4.78, 5) is 22.9. The van der Waals surface area contributed by atoms with Crippen LogP contribution >= 0.6 is 11.6 Å². The van der Waals surface area contributed by atoms with Gasteiger partial charge in [-0.15, -0.1) is 0 Å². The lowest BCUT2D eigenvalue weighted by Gasteiger charge is -2.05. The van der Waals surface area contributed by atoms with Gasteiger partial charge in [0.15, 0.2) is 0 Å². The summed E-state index contributed by atoms with van der Waals surface area (Å²) in [6.07, 6.45) is 2.95. The Morgan fingerprint density at radius 3 is 2.75 bits per heavy atom. The van der Waals surface area contributed by atoms with Crippen molar-refractivity contribution in [1.82, 2.24) is 5.32 Å². The van der Waals surface area contributed by atoms with E-state index >= 15 is 0 Å². The fourth-order valence-corrected chi connectivity index (χ4v) is 1.93. The molecule has 0 spiro atoms. The number of nitrogens with one attached hydrogen (secondary N) is 1. The average Bonchev–Trinajstić information content (AvgIpc) is 2.42. The molecule has 0 aliphatic carbocycles. The smallest absolute Gasteiger partial charge is 0.305 e. The van der Waals surface area contributed by atoms with Crippen LogP contribution < -0.4 is 5.32 Å². The van der Waals surface area contributed by atoms with Gasteiger partial charge in [0.1, 0.15) is 0 Å². The van der Waals surface area contributed by atoms with Crippen molar-refractivity contribution >= 4 is 23.5 Å². The van der Waals surface area contributed by atoms with E-state index in [2.05, 4.69) is 5.32 Å². The van der Waals surface area contributed by atoms with Crippen molar-refractivity contribution in [3.8, 4) is 0 Å². The predicted molar refractivity (Wildman–Crippen MR) is 78.9 cm³/mol. The molecule has 0 aromatic heterocycles. The molecule has 110 valence electrons. The van der Waals surface area contributed by atoms with Crippen molar-refractivity contribution in [3.63, 3.8) is 0 Å². The van der Waals surface area contributed by atoms with Crippen molar-refractivity contribution in [2.45, 2.75) is 32.6 Å². The molecule has 0 saturated heterocycles. The summed E-state index contributed by atoms with van der Waals surface area (Å²) in [5.41, 5.74) is 0.559. The van der Waals surface area contributed by atoms with Crippen LogP contribution in [0.1, 0.15) is 43.0 Å². The van der Waals surface area contributed by atoms with Gasteiger partial charge in [0, 0.05) is 23.6 Å². The maximum absolute atomic E-state index is 11.8. The molecule has 1 amide bonds. The molecular formula is C15H20ClNO3. The monoisotopic (exact) mass is 297 g/mol. The maximum atomic E-state index is 11.8. The fraction of sp³-hybridized carbons (Fsp3) is 0.467. The topological polar surface area (TPSA) is 55.4 Å². The van der Waals surface area contributed by atoms with E-state index < -0.39 is 0 Å². The highest BCUT2D eigenvalue weighted by Gasteiger charge is 2.05. The number of hydrogen-bond donors (Lipinski definition) is 1. The molecule has 1 aromatic rings. The molecule has 1 aromatic carbocycles. The number of unbranched alkanes of at least 4 members (excludes halogenated alkanes) is 2. The minimum Gasteiger partial charge on any atom is -0.466 e. The van der Waals surface area contributed by atoms with Crippen LogP contribution in [0, 0.1) is 0 Å². The molecular weight excluding hydrogens is 278 g/mol. The predicted octanol–water partition coefficient (Wildman–Crippen LogP) is 3.19. The highest BCUT2D eigenvalue weighted by molar-refractivity contribution is 6.30. The van der Waals surface area contributed by atoms with E-state index in [1.54, 1.807) is 31.2 Å². The van der Waals surface area contributed by atoms with Gasteiger partial charge in [-0.1, -0.05) is 24.1 Å². The molecule has 5 heteroatoms. The Balaban J connectivity index is 2.12. The third-order valence-corrected chi connectivity index (χ3v) is 2.97. The number of halogens is 1. The van der Waals surface area contributed by atoms with Crippen LogP contribution in [0.5, 0.6) is 0 Å². The summed E-state index contributed by atoms with van der Waals surface area (Å²) in [6.45, 7) is 2.81. The number of ether oxygens (including phenoxy) is 1. The standard InChI is InChI=1S/C15H20ClNO3/c1-2-20-14(18)9-4-3-5-10-17-15(19)12-7-6-8-13(16)11-12/h6-8,11H,2-5,9-10H2,1H3,(H,17,19). The number of esters is 1. The molecule has 1 N–H and O–H groups in total. The third kappa shape index (κ3) is 6.57. The summed E-state index contributed by atoms with van der Waals surface area (Å²) in [5.74, 6) is -0.284. The summed E-state index contributed by atoms with van der Waals surface area (Å²) in [5, 5.41) is 3.37. The Kier molecular flexibility index (Phi) is 7.73. The van der Waals surface area contributed by atoms with Crippen molar-refractivity contribution in [1.29, 1.82) is 0 Å². The average molecular weight is 298 g/mol. The highest BCUT2D eigenvalue weighted by Crippen LogP contribution is 2.10. The molecule has 0 saturated carbocycles. The van der Waals surface area contributed by atoms with Crippen molar-refractivity contribution in [2.75, 3.05) is 13.2 Å². The number of hydrogen-bond acceptors (Lipinski definition) is 3. The van der Waals surface area contributed by atoms with Gasteiger partial charge in [-0.2, -0.15) is 0 Å². The van der Waals surface area contributed by atoms with E-state index in [0.29, 0.717) is 30.2 Å². The van der Waals surface area contributed by atoms with E-state index in [4.69, 9.17) is 16.3 Å². The minimum atomic E-state index is -0.157. The van der Waals surface area contributed by atoms with Gasteiger partial charge >= 0.3 is 5.97 Å². The second-order valence-corrected chi connectivity index (χ2v) is 4.82. The Hall–Kier alpha value is -1.55. The molecule has 0 atom stereocenters. The zero-order chi connectivity index (χ0) is 14.8. The lowest BCUT2D eigenvalue weighted by Crippen LogP contribution is -2.24. The molecule has 0 aliphatic heterocycles. The van der Waals surface area contributed by atoms with Gasteiger partial charge in [-0.25, -0.2) is 0 Å². The first kappa shape index (κ1) is 16.5. The van der Waals surface area contributed by atoms with Crippen LogP contribution in [0.25, 0.3) is 0 Å². The van der Waals surface area contributed by atoms with E-state index in [0.717, 1.165) is 19.3 Å². The van der Waals surface area contributed by atoms with Gasteiger partial charge in [0.2, 0.25) is 0 Å². The van der Waals surface area contributed by atoms with Crippen molar-refractivity contribution in [3.05, 3.63) is 34.9 Å². The van der Waals surface area contributed by atoms with Crippen LogP contribution in [0.3, 0.4) is 0 Å². The second kappa shape index (κ2) is 9.37. The normalized spacial score (nSPS) is 10.1. The molecule has 0 unspecified atom stereocenters. The molecule has 0 radical (unpaired) electrons. The first-order valence-electron chi connectivity index (χ1n) is 6.83. The van der Waals surface area contributed by atoms with E-state index in [1.165, 1.54) is 0 Å². The Labute approximate surface area is 124 Å². The SMILES string of the molecule is CCOC(=O)CCCCCNC(=O)c1cccc(Cl)c1. The number of benzene rings is 1. The molecule has 0 fully saturated rings. The van der Waals surface area contributed by atoms with Crippen LogP contribution in [0.15, 0.2) is 24.3 Å². The zero-order valence-electron chi connectivity index (χ0n) is 11.7. The van der Waals surface area contributed by atoms with Gasteiger partial charge in [0.05, 0.1) is 6.61 Å². The largest absolute Gasteiger partial charge is 0.466 e. The Morgan fingerprint density at radius 1 is 1.25 bits per heavy atom. The van der Waals surface area contributed by atoms with E-state index in [1.807, 2.05) is 0 Å². The minimum absolute atomic E-state index is 0.127. The van der Waals surface area contributed by atoms with Gasteiger partial charge in [0.25, 0.3) is 5.91 Å². The lowest BCUT2D eigenvalue weighted by molar-refractivity contribution is -0.143. The van der Waals surface area contributed by atoms with Gasteiger partial charge in [-0.05, 0) is 38.0 Å². The van der Waals surface area contributed by atoms with Crippen LogP contribution in [0.4, 0.5) is 0 Å². The fourth-order valence-electron chi connectivity index (χ4n) is 1.74. The Morgan fingerprint density at radius 2 is 2.05 bits per heavy atom. The van der Waals surface area contributed by atoms with Gasteiger partial charge < -0.3 is 10.1 Å². The summed E-state index contributed by atoms with van der Waals surface area (Å²) < 4.78 is 4.83. The molecule has 4 nitrogen and oxygen atoms in total. The van der Waals surface area contributed by atoms with Crippen molar-refractivity contribution < 1.29 is 14.3 Å². The van der Waals surface area contributed by atoms with E-state index in [9.17, 15) is 9.59 Å². The summed E-state index contributed by atoms with van der Waals surface area (Å²) in [6, 6.07) is 6.84.